The number of rotatable bonds is 6. The highest BCUT2D eigenvalue weighted by Crippen LogP contribution is 2.21. The van der Waals surface area contributed by atoms with Gasteiger partial charge in [-0.15, -0.1) is 0 Å². The van der Waals surface area contributed by atoms with Crippen molar-refractivity contribution in [1.29, 1.82) is 0 Å². The molecule has 1 aromatic carbocycles. The van der Waals surface area contributed by atoms with Crippen LogP contribution in [0.1, 0.15) is 12.8 Å². The smallest absolute Gasteiger partial charge is 0.303 e. The molecule has 1 aromatic heterocycles. The zero-order valence-corrected chi connectivity index (χ0v) is 11.7. The normalized spacial score (nSPS) is 10.3. The number of ether oxygens (including phenoxy) is 1. The number of carboxylic acids is 1. The molecule has 0 saturated carbocycles. The summed E-state index contributed by atoms with van der Waals surface area (Å²) in [6.07, 6.45) is 0.376. The second-order valence-corrected chi connectivity index (χ2v) is 4.51. The summed E-state index contributed by atoms with van der Waals surface area (Å²) in [6.45, 7) is 0.281. The van der Waals surface area contributed by atoms with Gasteiger partial charge in [-0.25, -0.2) is 4.68 Å². The third-order valence-corrected chi connectivity index (χ3v) is 2.99. The molecule has 1 heterocycles. The first-order valence-corrected chi connectivity index (χ1v) is 6.54. The molecule has 0 unspecified atom stereocenters. The number of carbonyl (C=O) groups is 1. The van der Waals surface area contributed by atoms with Gasteiger partial charge in [-0.2, -0.15) is 5.10 Å². The molecule has 21 heavy (non-hydrogen) atoms. The largest absolute Gasteiger partial charge is 0.497 e. The van der Waals surface area contributed by atoms with Crippen molar-refractivity contribution in [3.05, 3.63) is 46.8 Å². The minimum Gasteiger partial charge on any atom is -0.497 e. The van der Waals surface area contributed by atoms with E-state index < -0.39 is 5.97 Å². The number of nitrogens with zero attached hydrogens (tertiary/aromatic N) is 2. The van der Waals surface area contributed by atoms with Gasteiger partial charge in [0, 0.05) is 24.6 Å². The molecule has 6 nitrogen and oxygen atoms in total. The minimum atomic E-state index is -0.882. The SMILES string of the molecule is COc1cccc(-c2ccc(=O)n(CCCC(=O)O)n2)c1. The van der Waals surface area contributed by atoms with Gasteiger partial charge < -0.3 is 9.84 Å². The lowest BCUT2D eigenvalue weighted by molar-refractivity contribution is -0.137. The van der Waals surface area contributed by atoms with Crippen LogP contribution in [0, 0.1) is 0 Å². The summed E-state index contributed by atoms with van der Waals surface area (Å²) in [5, 5.41) is 12.9. The van der Waals surface area contributed by atoms with Crippen LogP contribution in [-0.2, 0) is 11.3 Å². The molecule has 0 bridgehead atoms. The molecule has 0 fully saturated rings. The van der Waals surface area contributed by atoms with E-state index in [4.69, 9.17) is 9.84 Å². The summed E-state index contributed by atoms with van der Waals surface area (Å²) >= 11 is 0. The molecular formula is C15H16N2O4. The van der Waals surface area contributed by atoms with Crippen molar-refractivity contribution in [2.45, 2.75) is 19.4 Å². The average Bonchev–Trinajstić information content (AvgIpc) is 2.49. The van der Waals surface area contributed by atoms with E-state index in [1.54, 1.807) is 13.2 Å². The van der Waals surface area contributed by atoms with Gasteiger partial charge in [0.2, 0.25) is 0 Å². The second kappa shape index (κ2) is 6.69. The lowest BCUT2D eigenvalue weighted by Crippen LogP contribution is -2.22. The van der Waals surface area contributed by atoms with E-state index in [1.807, 2.05) is 24.3 Å². The number of aliphatic carboxylic acids is 1. The molecule has 0 atom stereocenters. The minimum absolute atomic E-state index is 0.0114. The third-order valence-electron chi connectivity index (χ3n) is 2.99. The van der Waals surface area contributed by atoms with Gasteiger partial charge in [0.25, 0.3) is 5.56 Å². The van der Waals surface area contributed by atoms with Crippen LogP contribution in [-0.4, -0.2) is 28.0 Å². The van der Waals surface area contributed by atoms with E-state index in [2.05, 4.69) is 5.10 Å². The lowest BCUT2D eigenvalue weighted by atomic mass is 10.1. The van der Waals surface area contributed by atoms with E-state index >= 15 is 0 Å². The topological polar surface area (TPSA) is 81.4 Å². The van der Waals surface area contributed by atoms with Crippen molar-refractivity contribution in [3.63, 3.8) is 0 Å². The summed E-state index contributed by atoms with van der Waals surface area (Å²) in [4.78, 5) is 22.2. The molecule has 0 aliphatic carbocycles. The van der Waals surface area contributed by atoms with Crippen LogP contribution in [0.5, 0.6) is 5.75 Å². The molecular weight excluding hydrogens is 272 g/mol. The maximum Gasteiger partial charge on any atom is 0.303 e. The Kier molecular flexibility index (Phi) is 4.71. The summed E-state index contributed by atoms with van der Waals surface area (Å²) in [7, 11) is 1.58. The molecule has 0 aliphatic rings. The Morgan fingerprint density at radius 1 is 1.33 bits per heavy atom. The van der Waals surface area contributed by atoms with Crippen molar-refractivity contribution in [3.8, 4) is 17.0 Å². The van der Waals surface area contributed by atoms with Crippen LogP contribution in [0.3, 0.4) is 0 Å². The molecule has 0 amide bonds. The van der Waals surface area contributed by atoms with Crippen LogP contribution in [0.4, 0.5) is 0 Å². The molecule has 110 valence electrons. The Labute approximate surface area is 121 Å². The number of aromatic nitrogens is 2. The molecule has 0 spiro atoms. The number of methoxy groups -OCH3 is 1. The summed E-state index contributed by atoms with van der Waals surface area (Å²) < 4.78 is 6.45. The van der Waals surface area contributed by atoms with Gasteiger partial charge in [0.1, 0.15) is 5.75 Å². The molecule has 0 radical (unpaired) electrons. The Hall–Kier alpha value is -2.63. The molecule has 2 aromatic rings. The number of hydrogen-bond acceptors (Lipinski definition) is 4. The average molecular weight is 288 g/mol. The van der Waals surface area contributed by atoms with Crippen molar-refractivity contribution in [2.24, 2.45) is 0 Å². The highest BCUT2D eigenvalue weighted by Gasteiger charge is 2.05. The van der Waals surface area contributed by atoms with E-state index in [0.717, 1.165) is 5.56 Å². The first-order chi connectivity index (χ1) is 10.1. The molecule has 1 N–H and O–H groups in total. The van der Waals surface area contributed by atoms with Gasteiger partial charge in [0.15, 0.2) is 0 Å². The Balaban J connectivity index is 2.25. The monoisotopic (exact) mass is 288 g/mol. The van der Waals surface area contributed by atoms with Gasteiger partial charge in [-0.1, -0.05) is 12.1 Å². The van der Waals surface area contributed by atoms with Crippen LogP contribution in [0.2, 0.25) is 0 Å². The Morgan fingerprint density at radius 2 is 2.14 bits per heavy atom. The fraction of sp³-hybridized carbons (Fsp3) is 0.267. The first-order valence-electron chi connectivity index (χ1n) is 6.54. The quantitative estimate of drug-likeness (QED) is 0.876. The highest BCUT2D eigenvalue weighted by molar-refractivity contribution is 5.66. The van der Waals surface area contributed by atoms with Crippen molar-refractivity contribution in [2.75, 3.05) is 7.11 Å². The standard InChI is InChI=1S/C15H16N2O4/c1-21-12-5-2-4-11(10-12)13-7-8-14(18)17(16-13)9-3-6-15(19)20/h2,4-5,7-8,10H,3,6,9H2,1H3,(H,19,20). The Bertz CT molecular complexity index is 694. The summed E-state index contributed by atoms with van der Waals surface area (Å²) in [5.74, 6) is -0.176. The maximum absolute atomic E-state index is 11.7. The molecule has 0 saturated heterocycles. The fourth-order valence-electron chi connectivity index (χ4n) is 1.93. The number of benzene rings is 1. The van der Waals surface area contributed by atoms with Crippen LogP contribution < -0.4 is 10.3 Å². The first kappa shape index (κ1) is 14.8. The predicted octanol–water partition coefficient (Wildman–Crippen LogP) is 1.78. The second-order valence-electron chi connectivity index (χ2n) is 4.51. The summed E-state index contributed by atoms with van der Waals surface area (Å²) in [6, 6.07) is 10.4. The fourth-order valence-corrected chi connectivity index (χ4v) is 1.93. The lowest BCUT2D eigenvalue weighted by Gasteiger charge is -2.07. The third kappa shape index (κ3) is 3.92. The van der Waals surface area contributed by atoms with E-state index in [1.165, 1.54) is 10.7 Å². The van der Waals surface area contributed by atoms with Crippen LogP contribution in [0.25, 0.3) is 11.3 Å². The number of aryl methyl sites for hydroxylation is 1. The zero-order valence-electron chi connectivity index (χ0n) is 11.7. The molecule has 0 aliphatic heterocycles. The van der Waals surface area contributed by atoms with Gasteiger partial charge in [-0.3, -0.25) is 9.59 Å². The number of hydrogen-bond donors (Lipinski definition) is 1. The summed E-state index contributed by atoms with van der Waals surface area (Å²) in [5.41, 5.74) is 1.23. The van der Waals surface area contributed by atoms with Gasteiger partial charge in [-0.05, 0) is 24.6 Å². The van der Waals surface area contributed by atoms with Gasteiger partial charge >= 0.3 is 5.97 Å². The van der Waals surface area contributed by atoms with E-state index in [0.29, 0.717) is 17.9 Å². The Morgan fingerprint density at radius 3 is 2.86 bits per heavy atom. The highest BCUT2D eigenvalue weighted by atomic mass is 16.5. The van der Waals surface area contributed by atoms with Crippen molar-refractivity contribution in [1.82, 2.24) is 9.78 Å². The molecule has 6 heteroatoms. The van der Waals surface area contributed by atoms with Crippen molar-refractivity contribution >= 4 is 5.97 Å². The maximum atomic E-state index is 11.7. The molecule has 2 rings (SSSR count). The predicted molar refractivity (Wildman–Crippen MR) is 77.4 cm³/mol. The zero-order chi connectivity index (χ0) is 15.2. The van der Waals surface area contributed by atoms with Crippen molar-refractivity contribution < 1.29 is 14.6 Å². The van der Waals surface area contributed by atoms with Crippen LogP contribution >= 0.6 is 0 Å². The van der Waals surface area contributed by atoms with Crippen LogP contribution in [0.15, 0.2) is 41.2 Å². The van der Waals surface area contributed by atoms with E-state index in [-0.39, 0.29) is 18.5 Å². The number of carboxylic acid groups (broad SMARTS) is 1. The van der Waals surface area contributed by atoms with Gasteiger partial charge in [0.05, 0.1) is 12.8 Å². The van der Waals surface area contributed by atoms with E-state index in [9.17, 15) is 9.59 Å².